The highest BCUT2D eigenvalue weighted by Crippen LogP contribution is 2.21. The van der Waals surface area contributed by atoms with Gasteiger partial charge in [0.25, 0.3) is 0 Å². The zero-order chi connectivity index (χ0) is 18.9. The minimum absolute atomic E-state index is 0. The Bertz CT molecular complexity index is 631. The Hall–Kier alpha value is -1.65. The SMILES string of the molecule is CCNC(=NCc1ccccc1OC(F)F)NC1CCN(C(=O)CC)C1.I. The highest BCUT2D eigenvalue weighted by Gasteiger charge is 2.25. The van der Waals surface area contributed by atoms with Crippen LogP contribution in [0.2, 0.25) is 0 Å². The zero-order valence-electron chi connectivity index (χ0n) is 15.6. The third-order valence-electron chi connectivity index (χ3n) is 4.12. The van der Waals surface area contributed by atoms with Gasteiger partial charge in [0.05, 0.1) is 6.54 Å². The van der Waals surface area contributed by atoms with Gasteiger partial charge in [-0.3, -0.25) is 4.79 Å². The smallest absolute Gasteiger partial charge is 0.387 e. The van der Waals surface area contributed by atoms with Crippen LogP contribution in [0, 0.1) is 0 Å². The van der Waals surface area contributed by atoms with Crippen LogP contribution in [0.15, 0.2) is 29.3 Å². The number of carbonyl (C=O) groups is 1. The molecule has 1 aromatic rings. The Kier molecular flexibility index (Phi) is 10.3. The maximum Gasteiger partial charge on any atom is 0.387 e. The van der Waals surface area contributed by atoms with Gasteiger partial charge in [-0.2, -0.15) is 8.78 Å². The number of nitrogens with zero attached hydrogens (tertiary/aromatic N) is 2. The van der Waals surface area contributed by atoms with Crippen LogP contribution in [0.1, 0.15) is 32.3 Å². The van der Waals surface area contributed by atoms with Gasteiger partial charge in [-0.1, -0.05) is 25.1 Å². The van der Waals surface area contributed by atoms with E-state index in [1.807, 2.05) is 18.7 Å². The molecule has 0 aromatic heterocycles. The van der Waals surface area contributed by atoms with E-state index in [-0.39, 0.29) is 48.2 Å². The molecule has 6 nitrogen and oxygen atoms in total. The number of ether oxygens (including phenoxy) is 1. The Labute approximate surface area is 175 Å². The molecule has 152 valence electrons. The van der Waals surface area contributed by atoms with Crippen LogP contribution >= 0.6 is 24.0 Å². The van der Waals surface area contributed by atoms with E-state index in [0.29, 0.717) is 31.0 Å². The van der Waals surface area contributed by atoms with Crippen LogP contribution in [0.4, 0.5) is 8.78 Å². The molecular formula is C18H27F2IN4O2. The predicted octanol–water partition coefficient (Wildman–Crippen LogP) is 2.97. The van der Waals surface area contributed by atoms with Gasteiger partial charge >= 0.3 is 6.61 Å². The van der Waals surface area contributed by atoms with Crippen molar-refractivity contribution in [2.45, 2.75) is 45.9 Å². The fourth-order valence-electron chi connectivity index (χ4n) is 2.85. The van der Waals surface area contributed by atoms with Crippen molar-refractivity contribution < 1.29 is 18.3 Å². The number of hydrogen-bond donors (Lipinski definition) is 2. The Morgan fingerprint density at radius 1 is 1.37 bits per heavy atom. The molecule has 1 amide bonds. The Morgan fingerprint density at radius 3 is 2.78 bits per heavy atom. The molecule has 2 rings (SSSR count). The van der Waals surface area contributed by atoms with Crippen molar-refractivity contribution in [2.24, 2.45) is 4.99 Å². The average molecular weight is 496 g/mol. The zero-order valence-corrected chi connectivity index (χ0v) is 17.9. The highest BCUT2D eigenvalue weighted by atomic mass is 127. The number of alkyl halides is 2. The second-order valence-corrected chi connectivity index (χ2v) is 6.00. The number of halogens is 3. The van der Waals surface area contributed by atoms with Gasteiger partial charge in [0.2, 0.25) is 5.91 Å². The van der Waals surface area contributed by atoms with Gasteiger partial charge in [-0.15, -0.1) is 24.0 Å². The van der Waals surface area contributed by atoms with E-state index in [4.69, 9.17) is 0 Å². The molecule has 1 fully saturated rings. The fourth-order valence-corrected chi connectivity index (χ4v) is 2.85. The van der Waals surface area contributed by atoms with E-state index in [0.717, 1.165) is 13.0 Å². The summed E-state index contributed by atoms with van der Waals surface area (Å²) in [4.78, 5) is 18.1. The summed E-state index contributed by atoms with van der Waals surface area (Å²) in [5, 5.41) is 6.46. The van der Waals surface area contributed by atoms with Crippen LogP contribution in [-0.4, -0.2) is 49.1 Å². The third-order valence-corrected chi connectivity index (χ3v) is 4.12. The van der Waals surface area contributed by atoms with E-state index < -0.39 is 6.61 Å². The molecule has 1 aromatic carbocycles. The van der Waals surface area contributed by atoms with Crippen LogP contribution in [-0.2, 0) is 11.3 Å². The average Bonchev–Trinajstić information content (AvgIpc) is 3.08. The first kappa shape index (κ1) is 23.4. The molecule has 0 aliphatic carbocycles. The molecule has 27 heavy (non-hydrogen) atoms. The lowest BCUT2D eigenvalue weighted by Crippen LogP contribution is -2.45. The molecule has 1 aliphatic rings. The lowest BCUT2D eigenvalue weighted by molar-refractivity contribution is -0.129. The van der Waals surface area contributed by atoms with Crippen molar-refractivity contribution in [3.05, 3.63) is 29.8 Å². The molecule has 0 bridgehead atoms. The number of benzene rings is 1. The topological polar surface area (TPSA) is 66.0 Å². The summed E-state index contributed by atoms with van der Waals surface area (Å²) in [6.07, 6.45) is 1.35. The molecule has 1 saturated heterocycles. The van der Waals surface area contributed by atoms with Gasteiger partial charge in [-0.25, -0.2) is 4.99 Å². The maximum absolute atomic E-state index is 12.5. The minimum Gasteiger partial charge on any atom is -0.434 e. The number of hydrogen-bond acceptors (Lipinski definition) is 3. The van der Waals surface area contributed by atoms with E-state index in [1.54, 1.807) is 18.2 Å². The summed E-state index contributed by atoms with van der Waals surface area (Å²) in [6, 6.07) is 6.74. The van der Waals surface area contributed by atoms with Crippen LogP contribution in [0.25, 0.3) is 0 Å². The lowest BCUT2D eigenvalue weighted by atomic mass is 10.2. The molecule has 0 saturated carbocycles. The predicted molar refractivity (Wildman–Crippen MR) is 112 cm³/mol. The summed E-state index contributed by atoms with van der Waals surface area (Å²) in [6.45, 7) is 3.19. The number of nitrogens with one attached hydrogen (secondary N) is 2. The maximum atomic E-state index is 12.5. The first-order valence-corrected chi connectivity index (χ1v) is 8.88. The normalized spacial score (nSPS) is 16.9. The van der Waals surface area contributed by atoms with Crippen molar-refractivity contribution in [1.29, 1.82) is 0 Å². The van der Waals surface area contributed by atoms with Crippen molar-refractivity contribution >= 4 is 35.8 Å². The second kappa shape index (κ2) is 11.9. The number of rotatable bonds is 7. The van der Waals surface area contributed by atoms with Crippen molar-refractivity contribution in [2.75, 3.05) is 19.6 Å². The number of aliphatic imine (C=N–C) groups is 1. The van der Waals surface area contributed by atoms with Gasteiger partial charge in [0, 0.05) is 37.7 Å². The summed E-state index contributed by atoms with van der Waals surface area (Å²) in [5.41, 5.74) is 0.583. The molecule has 0 spiro atoms. The van der Waals surface area contributed by atoms with Gasteiger partial charge in [-0.05, 0) is 19.4 Å². The molecule has 9 heteroatoms. The van der Waals surface area contributed by atoms with Crippen LogP contribution < -0.4 is 15.4 Å². The summed E-state index contributed by atoms with van der Waals surface area (Å²) < 4.78 is 29.5. The Balaban J connectivity index is 0.00000364. The molecule has 0 radical (unpaired) electrons. The number of guanidine groups is 1. The van der Waals surface area contributed by atoms with E-state index in [1.165, 1.54) is 6.07 Å². The highest BCUT2D eigenvalue weighted by molar-refractivity contribution is 14.0. The van der Waals surface area contributed by atoms with Gasteiger partial charge < -0.3 is 20.3 Å². The minimum atomic E-state index is -2.87. The molecular weight excluding hydrogens is 469 g/mol. The van der Waals surface area contributed by atoms with Gasteiger partial charge in [0.1, 0.15) is 5.75 Å². The van der Waals surface area contributed by atoms with Crippen molar-refractivity contribution in [3.63, 3.8) is 0 Å². The van der Waals surface area contributed by atoms with Crippen LogP contribution in [0.3, 0.4) is 0 Å². The number of carbonyl (C=O) groups excluding carboxylic acids is 1. The summed E-state index contributed by atoms with van der Waals surface area (Å²) in [7, 11) is 0. The number of amides is 1. The van der Waals surface area contributed by atoms with E-state index in [2.05, 4.69) is 20.4 Å². The molecule has 1 unspecified atom stereocenters. The monoisotopic (exact) mass is 496 g/mol. The molecule has 1 heterocycles. The molecule has 2 N–H and O–H groups in total. The fraction of sp³-hybridized carbons (Fsp3) is 0.556. The lowest BCUT2D eigenvalue weighted by Gasteiger charge is -2.19. The largest absolute Gasteiger partial charge is 0.434 e. The summed E-state index contributed by atoms with van der Waals surface area (Å²) >= 11 is 0. The first-order valence-electron chi connectivity index (χ1n) is 8.88. The van der Waals surface area contributed by atoms with Crippen LogP contribution in [0.5, 0.6) is 5.75 Å². The first-order chi connectivity index (χ1) is 12.5. The van der Waals surface area contributed by atoms with Gasteiger partial charge in [0.15, 0.2) is 5.96 Å². The molecule has 1 atom stereocenters. The Morgan fingerprint density at radius 2 is 2.11 bits per heavy atom. The van der Waals surface area contributed by atoms with E-state index >= 15 is 0 Å². The third kappa shape index (κ3) is 7.47. The van der Waals surface area contributed by atoms with Crippen molar-refractivity contribution in [3.8, 4) is 5.75 Å². The summed E-state index contributed by atoms with van der Waals surface area (Å²) in [5.74, 6) is 0.868. The standard InChI is InChI=1S/C18H26F2N4O2.HI/c1-3-16(25)24-10-9-14(12-24)23-18(21-4-2)22-11-13-7-5-6-8-15(13)26-17(19)20;/h5-8,14,17H,3-4,9-12H2,1-2H3,(H2,21,22,23);1H. The van der Waals surface area contributed by atoms with Crippen molar-refractivity contribution in [1.82, 2.24) is 15.5 Å². The van der Waals surface area contributed by atoms with E-state index in [9.17, 15) is 13.6 Å². The number of likely N-dealkylation sites (tertiary alicyclic amines) is 1. The second-order valence-electron chi connectivity index (χ2n) is 6.00. The quantitative estimate of drug-likeness (QED) is 0.346. The molecule has 1 aliphatic heterocycles. The number of para-hydroxylation sites is 1.